The van der Waals surface area contributed by atoms with Crippen molar-refractivity contribution in [2.45, 2.75) is 19.1 Å². The first-order valence-corrected chi connectivity index (χ1v) is 9.47. The number of benzene rings is 2. The van der Waals surface area contributed by atoms with Gasteiger partial charge in [-0.1, -0.05) is 18.2 Å². The number of imide groups is 1. The highest BCUT2D eigenvalue weighted by Gasteiger charge is 2.29. The lowest BCUT2D eigenvalue weighted by Crippen LogP contribution is -2.17. The Morgan fingerprint density at radius 1 is 1.10 bits per heavy atom. The molecule has 0 atom stereocenters. The summed E-state index contributed by atoms with van der Waals surface area (Å²) in [4.78, 5) is 27.7. The first-order chi connectivity index (χ1) is 13.8. The number of nitrogens with zero attached hydrogens (tertiary/aromatic N) is 2. The Morgan fingerprint density at radius 2 is 1.86 bits per heavy atom. The van der Waals surface area contributed by atoms with E-state index < -0.39 is 22.9 Å². The van der Waals surface area contributed by atoms with Crippen LogP contribution in [0.4, 0.5) is 18.0 Å². The van der Waals surface area contributed by atoms with Crippen molar-refractivity contribution in [1.82, 2.24) is 14.9 Å². The van der Waals surface area contributed by atoms with Crippen molar-refractivity contribution in [3.63, 3.8) is 0 Å². The minimum atomic E-state index is -4.34. The Balaban J connectivity index is 1.53. The van der Waals surface area contributed by atoms with Crippen LogP contribution < -0.4 is 5.32 Å². The predicted octanol–water partition coefficient (Wildman–Crippen LogP) is 4.62. The zero-order chi connectivity index (χ0) is 20.6. The Bertz CT molecular complexity index is 1130. The van der Waals surface area contributed by atoms with E-state index in [4.69, 9.17) is 0 Å². The minimum absolute atomic E-state index is 0.324. The smallest absolute Gasteiger partial charge is 0.330 e. The molecule has 2 aromatic carbocycles. The zero-order valence-corrected chi connectivity index (χ0v) is 15.7. The highest BCUT2D eigenvalue weighted by molar-refractivity contribution is 8.18. The van der Waals surface area contributed by atoms with Crippen molar-refractivity contribution in [3.8, 4) is 0 Å². The molecule has 29 heavy (non-hydrogen) atoms. The molecule has 0 aliphatic carbocycles. The number of aryl methyl sites for hydroxylation is 2. The summed E-state index contributed by atoms with van der Waals surface area (Å²) in [5.74, 6) is -0.420. The van der Waals surface area contributed by atoms with Gasteiger partial charge in [-0.15, -0.1) is 0 Å². The third-order valence-electron chi connectivity index (χ3n) is 4.51. The highest BCUT2D eigenvalue weighted by Crippen LogP contribution is 2.29. The predicted molar refractivity (Wildman–Crippen MR) is 104 cm³/mol. The second-order valence-corrected chi connectivity index (χ2v) is 7.50. The zero-order valence-electron chi connectivity index (χ0n) is 14.9. The minimum Gasteiger partial charge on any atom is -0.330 e. The maximum absolute atomic E-state index is 12.7. The number of thioether (sulfide) groups is 1. The molecule has 0 saturated carbocycles. The molecule has 0 spiro atoms. The highest BCUT2D eigenvalue weighted by atomic mass is 32.2. The summed E-state index contributed by atoms with van der Waals surface area (Å²) in [6.45, 7) is 0.537. The Morgan fingerprint density at radius 3 is 2.52 bits per heavy atom. The first-order valence-electron chi connectivity index (χ1n) is 8.65. The summed E-state index contributed by atoms with van der Waals surface area (Å²) >= 11 is 0.850. The molecule has 1 aliphatic heterocycles. The average molecular weight is 417 g/mol. The summed E-state index contributed by atoms with van der Waals surface area (Å²) in [7, 11) is 0. The lowest BCUT2D eigenvalue weighted by Gasteiger charge is -2.08. The maximum atomic E-state index is 12.7. The van der Waals surface area contributed by atoms with E-state index in [9.17, 15) is 22.8 Å². The number of carbonyl (C=O) groups is 2. The van der Waals surface area contributed by atoms with Gasteiger partial charge in [0.15, 0.2) is 0 Å². The fourth-order valence-electron chi connectivity index (χ4n) is 3.02. The fraction of sp³-hybridized carbons (Fsp3) is 0.150. The van der Waals surface area contributed by atoms with Gasteiger partial charge in [0, 0.05) is 6.54 Å². The molecule has 9 heteroatoms. The summed E-state index contributed by atoms with van der Waals surface area (Å²) in [6.07, 6.45) is -0.492. The van der Waals surface area contributed by atoms with Crippen LogP contribution in [-0.2, 0) is 23.9 Å². The van der Waals surface area contributed by atoms with E-state index in [-0.39, 0.29) is 0 Å². The number of hydrogen-bond donors (Lipinski definition) is 1. The van der Waals surface area contributed by atoms with Gasteiger partial charge in [0.25, 0.3) is 11.1 Å². The standard InChI is InChI=1S/C20H14F3N3O2S/c21-20(22,23)14-4-1-12(2-5-14)7-8-26-11-24-15-6-3-13(9-16(15)26)10-17-18(27)25-19(28)29-17/h1-6,9-11H,7-8H2,(H,25,27,28)/b17-10+. The van der Waals surface area contributed by atoms with Crippen LogP contribution in [-0.4, -0.2) is 20.7 Å². The van der Waals surface area contributed by atoms with Crippen LogP contribution >= 0.6 is 11.8 Å². The average Bonchev–Trinajstić information content (AvgIpc) is 3.21. The van der Waals surface area contributed by atoms with E-state index in [1.54, 1.807) is 18.5 Å². The number of fused-ring (bicyclic) bond motifs is 1. The van der Waals surface area contributed by atoms with Gasteiger partial charge in [-0.3, -0.25) is 14.9 Å². The number of carbonyl (C=O) groups excluding carboxylic acids is 2. The van der Waals surface area contributed by atoms with Gasteiger partial charge in [-0.05, 0) is 59.7 Å². The molecule has 1 fully saturated rings. The van der Waals surface area contributed by atoms with E-state index in [0.29, 0.717) is 17.9 Å². The number of rotatable bonds is 4. The van der Waals surface area contributed by atoms with Gasteiger partial charge in [0.2, 0.25) is 0 Å². The molecule has 2 amide bonds. The lowest BCUT2D eigenvalue weighted by atomic mass is 10.1. The number of hydrogen-bond acceptors (Lipinski definition) is 4. The fourth-order valence-corrected chi connectivity index (χ4v) is 3.71. The van der Waals surface area contributed by atoms with E-state index in [1.807, 2.05) is 16.7 Å². The van der Waals surface area contributed by atoms with Crippen LogP contribution in [0.5, 0.6) is 0 Å². The van der Waals surface area contributed by atoms with E-state index >= 15 is 0 Å². The van der Waals surface area contributed by atoms with Crippen LogP contribution in [0.15, 0.2) is 53.7 Å². The molecule has 5 nitrogen and oxygen atoms in total. The van der Waals surface area contributed by atoms with Gasteiger partial charge in [0.1, 0.15) is 0 Å². The van der Waals surface area contributed by atoms with Crippen molar-refractivity contribution in [3.05, 3.63) is 70.4 Å². The lowest BCUT2D eigenvalue weighted by molar-refractivity contribution is -0.137. The molecule has 3 aromatic rings. The third-order valence-corrected chi connectivity index (χ3v) is 5.32. The molecule has 1 aliphatic rings. The van der Waals surface area contributed by atoms with Gasteiger partial charge >= 0.3 is 6.18 Å². The Labute approximate surface area is 167 Å². The van der Waals surface area contributed by atoms with E-state index in [1.165, 1.54) is 12.1 Å². The quantitative estimate of drug-likeness (QED) is 0.629. The van der Waals surface area contributed by atoms with Crippen LogP contribution in [0, 0.1) is 0 Å². The molecule has 1 N–H and O–H groups in total. The summed E-state index contributed by atoms with van der Waals surface area (Å²) in [5, 5.41) is 1.81. The number of imidazole rings is 1. The first kappa shape index (κ1) is 19.3. The second-order valence-electron chi connectivity index (χ2n) is 6.48. The number of nitrogens with one attached hydrogen (secondary N) is 1. The van der Waals surface area contributed by atoms with Crippen LogP contribution in [0.25, 0.3) is 17.1 Å². The molecular weight excluding hydrogens is 403 g/mol. The molecule has 148 valence electrons. The summed E-state index contributed by atoms with van der Waals surface area (Å²) in [5.41, 5.74) is 2.47. The van der Waals surface area contributed by atoms with Gasteiger partial charge in [0.05, 0.1) is 27.8 Å². The van der Waals surface area contributed by atoms with E-state index in [0.717, 1.165) is 46.1 Å². The van der Waals surface area contributed by atoms with Gasteiger partial charge < -0.3 is 4.57 Å². The number of halogens is 3. The van der Waals surface area contributed by atoms with Crippen molar-refractivity contribution >= 4 is 40.0 Å². The molecule has 0 unspecified atom stereocenters. The second kappa shape index (κ2) is 7.40. The van der Waals surface area contributed by atoms with Crippen LogP contribution in [0.1, 0.15) is 16.7 Å². The molecule has 1 aromatic heterocycles. The molecule has 4 rings (SSSR count). The van der Waals surface area contributed by atoms with E-state index in [2.05, 4.69) is 10.3 Å². The number of amides is 2. The van der Waals surface area contributed by atoms with Gasteiger partial charge in [-0.25, -0.2) is 4.98 Å². The van der Waals surface area contributed by atoms with Crippen LogP contribution in [0.3, 0.4) is 0 Å². The molecule has 0 bridgehead atoms. The van der Waals surface area contributed by atoms with Crippen molar-refractivity contribution < 1.29 is 22.8 Å². The third kappa shape index (κ3) is 4.19. The van der Waals surface area contributed by atoms with Crippen LogP contribution in [0.2, 0.25) is 0 Å². The molecule has 1 saturated heterocycles. The largest absolute Gasteiger partial charge is 0.416 e. The topological polar surface area (TPSA) is 64.0 Å². The van der Waals surface area contributed by atoms with Gasteiger partial charge in [-0.2, -0.15) is 13.2 Å². The Hall–Kier alpha value is -3.07. The number of aromatic nitrogens is 2. The molecule has 2 heterocycles. The Kier molecular flexibility index (Phi) is 4.91. The summed E-state index contributed by atoms with van der Waals surface area (Å²) in [6, 6.07) is 10.6. The van der Waals surface area contributed by atoms with Crippen molar-refractivity contribution in [2.24, 2.45) is 0 Å². The van der Waals surface area contributed by atoms with Crippen molar-refractivity contribution in [2.75, 3.05) is 0 Å². The van der Waals surface area contributed by atoms with Crippen molar-refractivity contribution in [1.29, 1.82) is 0 Å². The summed E-state index contributed by atoms with van der Waals surface area (Å²) < 4.78 is 39.9. The number of alkyl halides is 3. The normalized spacial score (nSPS) is 16.0. The molecule has 0 radical (unpaired) electrons. The molecular formula is C20H14F3N3O2S. The monoisotopic (exact) mass is 417 g/mol. The maximum Gasteiger partial charge on any atom is 0.416 e. The SMILES string of the molecule is O=C1NC(=O)/C(=C\c2ccc3ncn(CCc4ccc(C(F)(F)F)cc4)c3c2)S1.